The minimum atomic E-state index is -0.273. The van der Waals surface area contributed by atoms with Gasteiger partial charge in [0.2, 0.25) is 0 Å². The Bertz CT molecular complexity index is 497. The highest BCUT2D eigenvalue weighted by Crippen LogP contribution is 2.19. The third kappa shape index (κ3) is 4.08. The van der Waals surface area contributed by atoms with E-state index < -0.39 is 0 Å². The Morgan fingerprint density at radius 1 is 1.50 bits per heavy atom. The van der Waals surface area contributed by atoms with Gasteiger partial charge in [-0.25, -0.2) is 0 Å². The molecule has 22 heavy (non-hydrogen) atoms. The maximum atomic E-state index is 12.4. The van der Waals surface area contributed by atoms with Crippen LogP contribution in [-0.4, -0.2) is 46.2 Å². The van der Waals surface area contributed by atoms with E-state index in [0.29, 0.717) is 11.3 Å². The summed E-state index contributed by atoms with van der Waals surface area (Å²) in [7, 11) is 2.07. The Kier molecular flexibility index (Phi) is 6.56. The third-order valence-corrected chi connectivity index (χ3v) is 4.62. The molecule has 0 spiro atoms. The van der Waals surface area contributed by atoms with Gasteiger partial charge in [-0.2, -0.15) is 0 Å². The number of nitrogens with zero attached hydrogens (tertiary/aromatic N) is 2. The fraction of sp³-hybridized carbons (Fsp3) is 0.750. The molecular weight excluding hydrogens is 282 g/mol. The number of aromatic nitrogens is 1. The Labute approximate surface area is 132 Å². The first kappa shape index (κ1) is 18.6. The highest BCUT2D eigenvalue weighted by molar-refractivity contribution is 5.93. The first-order valence-electron chi connectivity index (χ1n) is 7.83. The van der Waals surface area contributed by atoms with Crippen LogP contribution in [0.5, 0.6) is 0 Å². The number of amides is 1. The second-order valence-electron chi connectivity index (χ2n) is 6.36. The standard InChI is InChI=1S/C16H29N3O3/c1-7-8-9-19(6)16(4,5)12(3)17-15(21)14-11(2)13(10-20)22-18-14/h12,20H,7-10H2,1-6H3,(H,17,21). The molecule has 1 aromatic heterocycles. The van der Waals surface area contributed by atoms with Crippen LogP contribution in [0.3, 0.4) is 0 Å². The SMILES string of the molecule is CCCCN(C)C(C)(C)C(C)NC(=O)c1noc(CO)c1C. The molecule has 2 N–H and O–H groups in total. The van der Waals surface area contributed by atoms with Crippen molar-refractivity contribution in [2.75, 3.05) is 13.6 Å². The predicted molar refractivity (Wildman–Crippen MR) is 85.7 cm³/mol. The largest absolute Gasteiger partial charge is 0.388 e. The van der Waals surface area contributed by atoms with Crippen molar-refractivity contribution in [2.45, 2.75) is 65.6 Å². The molecule has 1 rings (SSSR count). The summed E-state index contributed by atoms with van der Waals surface area (Å²) in [6.07, 6.45) is 2.27. The minimum Gasteiger partial charge on any atom is -0.388 e. The molecule has 1 heterocycles. The quantitative estimate of drug-likeness (QED) is 0.768. The second kappa shape index (κ2) is 7.74. The van der Waals surface area contributed by atoms with Gasteiger partial charge in [0.05, 0.1) is 0 Å². The average molecular weight is 311 g/mol. The fourth-order valence-corrected chi connectivity index (χ4v) is 2.18. The Balaban J connectivity index is 2.75. The van der Waals surface area contributed by atoms with E-state index in [4.69, 9.17) is 9.63 Å². The molecule has 126 valence electrons. The number of likely N-dealkylation sites (N-methyl/N-ethyl adjacent to an activating group) is 1. The Morgan fingerprint density at radius 2 is 2.14 bits per heavy atom. The fourth-order valence-electron chi connectivity index (χ4n) is 2.18. The van der Waals surface area contributed by atoms with E-state index in [1.807, 2.05) is 6.92 Å². The number of hydrogen-bond donors (Lipinski definition) is 2. The number of hydrogen-bond acceptors (Lipinski definition) is 5. The summed E-state index contributed by atoms with van der Waals surface area (Å²) in [5.74, 6) is 0.0579. The monoisotopic (exact) mass is 311 g/mol. The van der Waals surface area contributed by atoms with Gasteiger partial charge in [0, 0.05) is 17.1 Å². The lowest BCUT2D eigenvalue weighted by Crippen LogP contribution is -2.56. The molecule has 0 aliphatic heterocycles. The highest BCUT2D eigenvalue weighted by Gasteiger charge is 2.32. The number of carbonyl (C=O) groups excluding carboxylic acids is 1. The number of aliphatic hydroxyl groups is 1. The van der Waals surface area contributed by atoms with Gasteiger partial charge < -0.3 is 14.9 Å². The highest BCUT2D eigenvalue weighted by atomic mass is 16.5. The lowest BCUT2D eigenvalue weighted by Gasteiger charge is -2.40. The molecule has 1 atom stereocenters. The normalized spacial score (nSPS) is 13.5. The number of nitrogens with one attached hydrogen (secondary N) is 1. The Morgan fingerprint density at radius 3 is 2.64 bits per heavy atom. The number of unbranched alkanes of at least 4 members (excludes halogenated alkanes) is 1. The van der Waals surface area contributed by atoms with E-state index in [1.54, 1.807) is 6.92 Å². The summed E-state index contributed by atoms with van der Waals surface area (Å²) in [5.41, 5.74) is 0.648. The van der Waals surface area contributed by atoms with Gasteiger partial charge in [-0.1, -0.05) is 18.5 Å². The second-order valence-corrected chi connectivity index (χ2v) is 6.36. The van der Waals surface area contributed by atoms with Gasteiger partial charge in [-0.15, -0.1) is 0 Å². The van der Waals surface area contributed by atoms with E-state index in [9.17, 15) is 4.79 Å². The molecule has 1 aromatic rings. The van der Waals surface area contributed by atoms with Crippen LogP contribution in [0.25, 0.3) is 0 Å². The number of carbonyl (C=O) groups is 1. The van der Waals surface area contributed by atoms with E-state index >= 15 is 0 Å². The van der Waals surface area contributed by atoms with Crippen molar-refractivity contribution in [3.05, 3.63) is 17.0 Å². The molecule has 1 amide bonds. The van der Waals surface area contributed by atoms with Crippen LogP contribution in [0.4, 0.5) is 0 Å². The van der Waals surface area contributed by atoms with Crippen LogP contribution in [0, 0.1) is 6.92 Å². The molecule has 0 fully saturated rings. The summed E-state index contributed by atoms with van der Waals surface area (Å²) < 4.78 is 4.96. The third-order valence-electron chi connectivity index (χ3n) is 4.62. The first-order valence-corrected chi connectivity index (χ1v) is 7.83. The van der Waals surface area contributed by atoms with E-state index in [0.717, 1.165) is 19.4 Å². The minimum absolute atomic E-state index is 0.0597. The zero-order chi connectivity index (χ0) is 16.9. The van der Waals surface area contributed by atoms with Crippen LogP contribution in [0.1, 0.15) is 62.3 Å². The zero-order valence-corrected chi connectivity index (χ0v) is 14.6. The molecule has 6 nitrogen and oxygen atoms in total. The maximum Gasteiger partial charge on any atom is 0.274 e. The summed E-state index contributed by atoms with van der Waals surface area (Å²) in [6, 6.07) is -0.0597. The average Bonchev–Trinajstić information content (AvgIpc) is 2.85. The van der Waals surface area contributed by atoms with E-state index in [1.165, 1.54) is 0 Å². The molecule has 6 heteroatoms. The van der Waals surface area contributed by atoms with Crippen LogP contribution in [-0.2, 0) is 6.61 Å². The van der Waals surface area contributed by atoms with Gasteiger partial charge >= 0.3 is 0 Å². The van der Waals surface area contributed by atoms with Crippen molar-refractivity contribution in [2.24, 2.45) is 0 Å². The Hall–Kier alpha value is -1.40. The molecule has 0 bridgehead atoms. The summed E-state index contributed by atoms with van der Waals surface area (Å²) in [6.45, 7) is 10.8. The van der Waals surface area contributed by atoms with Crippen LogP contribution in [0.2, 0.25) is 0 Å². The molecule has 0 radical (unpaired) electrons. The van der Waals surface area contributed by atoms with Crippen LogP contribution >= 0.6 is 0 Å². The van der Waals surface area contributed by atoms with Crippen molar-refractivity contribution in [3.63, 3.8) is 0 Å². The van der Waals surface area contributed by atoms with Crippen molar-refractivity contribution >= 4 is 5.91 Å². The molecular formula is C16H29N3O3. The molecule has 0 saturated heterocycles. The molecule has 1 unspecified atom stereocenters. The predicted octanol–water partition coefficient (Wildman–Crippen LogP) is 2.10. The molecule has 0 saturated carbocycles. The molecule has 0 aliphatic rings. The van der Waals surface area contributed by atoms with Crippen molar-refractivity contribution in [3.8, 4) is 0 Å². The molecule has 0 aromatic carbocycles. The van der Waals surface area contributed by atoms with Crippen molar-refractivity contribution in [1.82, 2.24) is 15.4 Å². The van der Waals surface area contributed by atoms with Gasteiger partial charge in [-0.05, 0) is 47.7 Å². The van der Waals surface area contributed by atoms with Gasteiger partial charge in [-0.3, -0.25) is 9.69 Å². The van der Waals surface area contributed by atoms with E-state index in [2.05, 4.69) is 43.2 Å². The summed E-state index contributed by atoms with van der Waals surface area (Å²) >= 11 is 0. The lowest BCUT2D eigenvalue weighted by atomic mass is 9.93. The topological polar surface area (TPSA) is 78.6 Å². The van der Waals surface area contributed by atoms with Gasteiger partial charge in [0.1, 0.15) is 6.61 Å². The first-order chi connectivity index (χ1) is 10.3. The number of aliphatic hydroxyl groups excluding tert-OH is 1. The summed E-state index contributed by atoms with van der Waals surface area (Å²) in [4.78, 5) is 14.6. The van der Waals surface area contributed by atoms with Crippen LogP contribution in [0.15, 0.2) is 4.52 Å². The maximum absolute atomic E-state index is 12.4. The van der Waals surface area contributed by atoms with E-state index in [-0.39, 0.29) is 29.8 Å². The van der Waals surface area contributed by atoms with Crippen molar-refractivity contribution in [1.29, 1.82) is 0 Å². The van der Waals surface area contributed by atoms with Crippen LogP contribution < -0.4 is 5.32 Å². The summed E-state index contributed by atoms with van der Waals surface area (Å²) in [5, 5.41) is 15.9. The lowest BCUT2D eigenvalue weighted by molar-refractivity contribution is 0.0802. The smallest absolute Gasteiger partial charge is 0.274 e. The van der Waals surface area contributed by atoms with Gasteiger partial charge in [0.15, 0.2) is 11.5 Å². The van der Waals surface area contributed by atoms with Crippen molar-refractivity contribution < 1.29 is 14.4 Å². The van der Waals surface area contributed by atoms with Gasteiger partial charge in [0.25, 0.3) is 5.91 Å². The number of rotatable bonds is 8. The molecule has 0 aliphatic carbocycles. The zero-order valence-electron chi connectivity index (χ0n) is 14.6.